The van der Waals surface area contributed by atoms with E-state index in [-0.39, 0.29) is 6.10 Å². The van der Waals surface area contributed by atoms with Gasteiger partial charge in [-0.05, 0) is 78.9 Å². The second-order valence-electron chi connectivity index (χ2n) is 12.1. The molecule has 0 radical (unpaired) electrons. The Kier molecular flexibility index (Phi) is 5.80. The number of aliphatic hydroxyl groups excluding tert-OH is 1. The normalized spacial score (nSPS) is 46.5. The maximum absolute atomic E-state index is 11.3. The van der Waals surface area contributed by atoms with Crippen LogP contribution in [0.3, 0.4) is 0 Å². The van der Waals surface area contributed by atoms with Crippen molar-refractivity contribution in [1.29, 1.82) is 0 Å². The third-order valence-electron chi connectivity index (χ3n) is 10.2. The number of fused-ring (bicyclic) bond motifs is 5. The van der Waals surface area contributed by atoms with E-state index in [9.17, 15) is 5.11 Å². The van der Waals surface area contributed by atoms with Crippen LogP contribution in [0.4, 0.5) is 0 Å². The van der Waals surface area contributed by atoms with E-state index in [0.29, 0.717) is 16.7 Å². The molecule has 3 fully saturated rings. The lowest BCUT2D eigenvalue weighted by Gasteiger charge is -2.60. The van der Waals surface area contributed by atoms with Gasteiger partial charge in [0, 0.05) is 5.92 Å². The molecule has 0 bridgehead atoms. The molecule has 0 spiro atoms. The molecule has 28 heavy (non-hydrogen) atoms. The molecule has 1 nitrogen and oxygen atoms in total. The fourth-order valence-corrected chi connectivity index (χ4v) is 8.53. The van der Waals surface area contributed by atoms with Crippen LogP contribution < -0.4 is 0 Å². The first-order chi connectivity index (χ1) is 13.3. The van der Waals surface area contributed by atoms with Crippen molar-refractivity contribution in [2.24, 2.45) is 46.3 Å². The number of aliphatic hydroxyl groups is 1. The van der Waals surface area contributed by atoms with E-state index in [4.69, 9.17) is 0 Å². The zero-order valence-electron chi connectivity index (χ0n) is 19.3. The zero-order chi connectivity index (χ0) is 20.1. The third kappa shape index (κ3) is 3.32. The summed E-state index contributed by atoms with van der Waals surface area (Å²) < 4.78 is 0. The summed E-state index contributed by atoms with van der Waals surface area (Å²) in [5.41, 5.74) is 2.55. The largest absolute Gasteiger partial charge is 0.392 e. The molecule has 3 saturated carbocycles. The highest BCUT2D eigenvalue weighted by Crippen LogP contribution is 2.66. The first kappa shape index (κ1) is 21.0. The van der Waals surface area contributed by atoms with Gasteiger partial charge in [0.05, 0.1) is 6.10 Å². The van der Waals surface area contributed by atoms with Gasteiger partial charge in [-0.1, -0.05) is 78.4 Å². The number of rotatable bonds is 5. The van der Waals surface area contributed by atoms with Crippen molar-refractivity contribution in [3.63, 3.8) is 0 Å². The van der Waals surface area contributed by atoms with Crippen LogP contribution in [0.2, 0.25) is 0 Å². The highest BCUT2D eigenvalue weighted by molar-refractivity contribution is 5.31. The molecular formula is C27H46O. The second kappa shape index (κ2) is 7.75. The fraction of sp³-hybridized carbons (Fsp3) is 0.926. The van der Waals surface area contributed by atoms with Crippen molar-refractivity contribution in [2.45, 2.75) is 111 Å². The van der Waals surface area contributed by atoms with Crippen LogP contribution in [0.15, 0.2) is 11.6 Å². The van der Waals surface area contributed by atoms with Gasteiger partial charge in [-0.2, -0.15) is 0 Å². The van der Waals surface area contributed by atoms with Crippen LogP contribution in [-0.2, 0) is 0 Å². The molecule has 4 rings (SSSR count). The Balaban J connectivity index is 1.52. The van der Waals surface area contributed by atoms with E-state index in [2.05, 4.69) is 40.7 Å². The van der Waals surface area contributed by atoms with E-state index in [1.807, 2.05) is 0 Å². The maximum Gasteiger partial charge on any atom is 0.0611 e. The Labute approximate surface area is 174 Å². The molecule has 0 aliphatic heterocycles. The minimum absolute atomic E-state index is 0.0814. The maximum atomic E-state index is 11.3. The van der Waals surface area contributed by atoms with Gasteiger partial charge in [0.15, 0.2) is 0 Å². The third-order valence-corrected chi connectivity index (χ3v) is 10.2. The first-order valence-corrected chi connectivity index (χ1v) is 12.7. The van der Waals surface area contributed by atoms with Crippen LogP contribution in [0.5, 0.6) is 0 Å². The standard InChI is InChI=1S/C27H46O/c1-18(2)9-8-10-19(3)21-12-13-22-25-23(14-16-27(21,22)5)26(4)15-7-6-11-20(26)17-24(25)28/h13,18-21,23-25,28H,6-12,14-17H2,1-5H3/t19-,20?,21-,23+,24?,25+,26+,27-/m1/s1. The van der Waals surface area contributed by atoms with Gasteiger partial charge < -0.3 is 5.11 Å². The topological polar surface area (TPSA) is 20.2 Å². The van der Waals surface area contributed by atoms with Gasteiger partial charge in [0.1, 0.15) is 0 Å². The van der Waals surface area contributed by atoms with Gasteiger partial charge in [-0.3, -0.25) is 0 Å². The highest BCUT2D eigenvalue weighted by atomic mass is 16.3. The fourth-order valence-electron chi connectivity index (χ4n) is 8.53. The number of allylic oxidation sites excluding steroid dienone is 1. The van der Waals surface area contributed by atoms with E-state index in [1.165, 1.54) is 64.2 Å². The van der Waals surface area contributed by atoms with Gasteiger partial charge in [-0.15, -0.1) is 0 Å². The Morgan fingerprint density at radius 1 is 1.07 bits per heavy atom. The summed E-state index contributed by atoms with van der Waals surface area (Å²) in [5.74, 6) is 4.42. The molecule has 0 aromatic carbocycles. The summed E-state index contributed by atoms with van der Waals surface area (Å²) in [6.07, 6.45) is 17.3. The molecule has 160 valence electrons. The lowest BCUT2D eigenvalue weighted by Crippen LogP contribution is -2.55. The van der Waals surface area contributed by atoms with Crippen LogP contribution in [0, 0.1) is 46.3 Å². The molecule has 0 saturated heterocycles. The van der Waals surface area contributed by atoms with Gasteiger partial charge in [0.25, 0.3) is 0 Å². The van der Waals surface area contributed by atoms with Crippen molar-refractivity contribution in [3.05, 3.63) is 11.6 Å². The van der Waals surface area contributed by atoms with E-state index >= 15 is 0 Å². The van der Waals surface area contributed by atoms with E-state index in [1.54, 1.807) is 5.57 Å². The predicted octanol–water partition coefficient (Wildman–Crippen LogP) is 7.39. The Hall–Kier alpha value is -0.300. The molecule has 0 aromatic rings. The smallest absolute Gasteiger partial charge is 0.0611 e. The molecule has 0 aromatic heterocycles. The number of hydrogen-bond donors (Lipinski definition) is 1. The Morgan fingerprint density at radius 3 is 2.61 bits per heavy atom. The minimum atomic E-state index is -0.0814. The Morgan fingerprint density at radius 2 is 1.86 bits per heavy atom. The van der Waals surface area contributed by atoms with E-state index in [0.717, 1.165) is 36.0 Å². The summed E-state index contributed by atoms with van der Waals surface area (Å²) in [4.78, 5) is 0. The lowest BCUT2D eigenvalue weighted by molar-refractivity contribution is -0.114. The minimum Gasteiger partial charge on any atom is -0.392 e. The summed E-state index contributed by atoms with van der Waals surface area (Å²) in [5, 5.41) is 11.3. The van der Waals surface area contributed by atoms with Crippen molar-refractivity contribution in [1.82, 2.24) is 0 Å². The van der Waals surface area contributed by atoms with Gasteiger partial charge in [0.2, 0.25) is 0 Å². The summed E-state index contributed by atoms with van der Waals surface area (Å²) in [6.45, 7) is 12.4. The van der Waals surface area contributed by atoms with Crippen molar-refractivity contribution in [2.75, 3.05) is 0 Å². The Bertz CT molecular complexity index is 591. The molecule has 0 heterocycles. The van der Waals surface area contributed by atoms with Gasteiger partial charge in [-0.25, -0.2) is 0 Å². The number of hydrogen-bond acceptors (Lipinski definition) is 1. The monoisotopic (exact) mass is 386 g/mol. The molecule has 4 aliphatic rings. The van der Waals surface area contributed by atoms with Crippen LogP contribution in [0.1, 0.15) is 105 Å². The molecule has 0 amide bonds. The molecule has 2 unspecified atom stereocenters. The predicted molar refractivity (Wildman–Crippen MR) is 119 cm³/mol. The highest BCUT2D eigenvalue weighted by Gasteiger charge is 2.59. The molecule has 1 heteroatoms. The van der Waals surface area contributed by atoms with Crippen molar-refractivity contribution in [3.8, 4) is 0 Å². The van der Waals surface area contributed by atoms with Crippen LogP contribution in [0.25, 0.3) is 0 Å². The molecule has 8 atom stereocenters. The van der Waals surface area contributed by atoms with Crippen LogP contribution in [-0.4, -0.2) is 11.2 Å². The SMILES string of the molecule is CC(C)CCC[C@@H](C)[C@H]1CC=C2[C@@H]3C(O)CC4CCCC[C@]4(C)[C@H]3CC[C@@]21C. The quantitative estimate of drug-likeness (QED) is 0.488. The summed E-state index contributed by atoms with van der Waals surface area (Å²) >= 11 is 0. The summed E-state index contributed by atoms with van der Waals surface area (Å²) in [6, 6.07) is 0. The first-order valence-electron chi connectivity index (χ1n) is 12.7. The second-order valence-corrected chi connectivity index (χ2v) is 12.1. The van der Waals surface area contributed by atoms with Crippen LogP contribution >= 0.6 is 0 Å². The summed E-state index contributed by atoms with van der Waals surface area (Å²) in [7, 11) is 0. The average molecular weight is 387 g/mol. The molecule has 4 aliphatic carbocycles. The van der Waals surface area contributed by atoms with Gasteiger partial charge >= 0.3 is 0 Å². The van der Waals surface area contributed by atoms with Crippen molar-refractivity contribution >= 4 is 0 Å². The average Bonchev–Trinajstić information content (AvgIpc) is 2.99. The van der Waals surface area contributed by atoms with Crippen molar-refractivity contribution < 1.29 is 5.11 Å². The zero-order valence-corrected chi connectivity index (χ0v) is 19.3. The van der Waals surface area contributed by atoms with E-state index < -0.39 is 0 Å². The molecule has 1 N–H and O–H groups in total. The lowest BCUT2D eigenvalue weighted by atomic mass is 9.45. The molecular weight excluding hydrogens is 340 g/mol.